The van der Waals surface area contributed by atoms with Gasteiger partial charge in [0.2, 0.25) is 0 Å². The summed E-state index contributed by atoms with van der Waals surface area (Å²) in [4.78, 5) is 38.2. The van der Waals surface area contributed by atoms with Crippen molar-refractivity contribution in [1.82, 2.24) is 10.2 Å². The maximum atomic E-state index is 12.7. The number of benzene rings is 2. The Hall–Kier alpha value is -3.59. The molecule has 3 N–H and O–H groups in total. The molecule has 2 amide bonds. The highest BCUT2D eigenvalue weighted by Crippen LogP contribution is 2.44. The van der Waals surface area contributed by atoms with Crippen molar-refractivity contribution in [2.75, 3.05) is 26.8 Å². The molecule has 9 nitrogen and oxygen atoms in total. The minimum absolute atomic E-state index is 0. The maximum absolute atomic E-state index is 12.7. The number of amides is 2. The van der Waals surface area contributed by atoms with E-state index in [1.165, 1.54) is 4.90 Å². The van der Waals surface area contributed by atoms with Crippen LogP contribution in [0, 0.1) is 5.92 Å². The van der Waals surface area contributed by atoms with Gasteiger partial charge in [0.05, 0.1) is 6.42 Å². The van der Waals surface area contributed by atoms with Crippen LogP contribution in [0.4, 0.5) is 9.59 Å². The highest BCUT2D eigenvalue weighted by molar-refractivity contribution is 5.79. The van der Waals surface area contributed by atoms with Crippen LogP contribution in [0.25, 0.3) is 11.1 Å². The van der Waals surface area contributed by atoms with Crippen molar-refractivity contribution in [2.45, 2.75) is 58.6 Å². The summed E-state index contributed by atoms with van der Waals surface area (Å²) in [5.41, 5.74) is 3.89. The standard InChI is InChI=1S/C27H32N2O6.CH4O.CH4/c1-27(2,3)35-26(33)29-13-12-23(17(15-29)14-24(30)31)28-25(32)34-16-22-20-10-6-4-8-18(20)19-9-5-7-11-21(19)22;1-2;/h4-11,17,22-23H,12-16H2,1-3H3,(H,28,32)(H,30,31);2H,1H3;1H4/t17-,23-;;/m0../s1. The molecule has 208 valence electrons. The van der Waals surface area contributed by atoms with Crippen LogP contribution in [-0.4, -0.2) is 71.7 Å². The molecule has 0 spiro atoms. The molecule has 2 aromatic rings. The number of nitrogens with one attached hydrogen (secondary N) is 1. The molecule has 1 heterocycles. The molecule has 2 atom stereocenters. The number of hydrogen-bond donors (Lipinski definition) is 3. The fourth-order valence-corrected chi connectivity index (χ4v) is 4.94. The van der Waals surface area contributed by atoms with Crippen molar-refractivity contribution < 1.29 is 34.1 Å². The first-order valence-corrected chi connectivity index (χ1v) is 12.4. The fraction of sp³-hybridized carbons (Fsp3) is 0.483. The van der Waals surface area contributed by atoms with Gasteiger partial charge in [-0.15, -0.1) is 0 Å². The molecule has 2 aliphatic rings. The van der Waals surface area contributed by atoms with Gasteiger partial charge in [0.25, 0.3) is 0 Å². The van der Waals surface area contributed by atoms with Gasteiger partial charge in [0.1, 0.15) is 12.2 Å². The molecular weight excluding hydrogens is 488 g/mol. The van der Waals surface area contributed by atoms with E-state index in [1.54, 1.807) is 20.8 Å². The summed E-state index contributed by atoms with van der Waals surface area (Å²) in [5, 5.41) is 19.2. The van der Waals surface area contributed by atoms with E-state index in [1.807, 2.05) is 24.3 Å². The smallest absolute Gasteiger partial charge is 0.410 e. The number of fused-ring (bicyclic) bond motifs is 3. The van der Waals surface area contributed by atoms with Gasteiger partial charge < -0.3 is 29.9 Å². The van der Waals surface area contributed by atoms with Crippen LogP contribution in [0.1, 0.15) is 58.1 Å². The molecule has 0 saturated carbocycles. The lowest BCUT2D eigenvalue weighted by Gasteiger charge is -2.38. The van der Waals surface area contributed by atoms with Crippen LogP contribution in [0.2, 0.25) is 0 Å². The topological polar surface area (TPSA) is 125 Å². The van der Waals surface area contributed by atoms with Gasteiger partial charge in [-0.1, -0.05) is 56.0 Å². The summed E-state index contributed by atoms with van der Waals surface area (Å²) in [6, 6.07) is 15.8. The Kier molecular flexibility index (Phi) is 10.7. The summed E-state index contributed by atoms with van der Waals surface area (Å²) < 4.78 is 11.1. The van der Waals surface area contributed by atoms with Crippen molar-refractivity contribution >= 4 is 18.2 Å². The van der Waals surface area contributed by atoms with Crippen molar-refractivity contribution in [3.8, 4) is 11.1 Å². The molecule has 0 bridgehead atoms. The molecule has 0 unspecified atom stereocenters. The molecule has 2 aromatic carbocycles. The predicted octanol–water partition coefficient (Wildman–Crippen LogP) is 4.87. The van der Waals surface area contributed by atoms with Crippen LogP contribution >= 0.6 is 0 Å². The number of carbonyl (C=O) groups excluding carboxylic acids is 2. The SMILES string of the molecule is C.CC(C)(C)OC(=O)N1CC[C@H](NC(=O)OCC2c3ccccc3-c3ccccc32)[C@@H](CC(=O)O)C1.CO. The number of carbonyl (C=O) groups is 3. The summed E-state index contributed by atoms with van der Waals surface area (Å²) in [6.07, 6.45) is -0.819. The third-order valence-corrected chi connectivity index (χ3v) is 6.47. The van der Waals surface area contributed by atoms with Gasteiger partial charge in [0, 0.05) is 38.1 Å². The number of piperidine rings is 1. The Bertz CT molecular complexity index is 1070. The van der Waals surface area contributed by atoms with Crippen molar-refractivity contribution in [3.05, 3.63) is 59.7 Å². The van der Waals surface area contributed by atoms with Crippen LogP contribution < -0.4 is 5.32 Å². The quantitative estimate of drug-likeness (QED) is 0.506. The first-order valence-electron chi connectivity index (χ1n) is 12.4. The first kappa shape index (κ1) is 30.6. The van der Waals surface area contributed by atoms with Gasteiger partial charge in [-0.2, -0.15) is 0 Å². The maximum Gasteiger partial charge on any atom is 0.410 e. The van der Waals surface area contributed by atoms with Gasteiger partial charge in [0.15, 0.2) is 0 Å². The average molecular weight is 529 g/mol. The number of alkyl carbamates (subject to hydrolysis) is 1. The number of nitrogens with zero attached hydrogens (tertiary/aromatic N) is 1. The first-order chi connectivity index (χ1) is 17.6. The summed E-state index contributed by atoms with van der Waals surface area (Å²) in [5.74, 6) is -1.49. The molecule has 38 heavy (non-hydrogen) atoms. The summed E-state index contributed by atoms with van der Waals surface area (Å²) in [7, 11) is 1.00. The highest BCUT2D eigenvalue weighted by Gasteiger charge is 2.36. The van der Waals surface area contributed by atoms with Crippen molar-refractivity contribution in [2.24, 2.45) is 5.92 Å². The van der Waals surface area contributed by atoms with Gasteiger partial charge in [-0.05, 0) is 49.4 Å². The third-order valence-electron chi connectivity index (χ3n) is 6.47. The number of aliphatic carboxylic acids is 1. The van der Waals surface area contributed by atoms with Gasteiger partial charge >= 0.3 is 18.2 Å². The number of carboxylic acids is 1. The summed E-state index contributed by atoms with van der Waals surface area (Å²) in [6.45, 7) is 6.08. The van der Waals surface area contributed by atoms with E-state index in [-0.39, 0.29) is 32.9 Å². The van der Waals surface area contributed by atoms with Crippen LogP contribution in [0.5, 0.6) is 0 Å². The Labute approximate surface area is 224 Å². The lowest BCUT2D eigenvalue weighted by atomic mass is 9.89. The average Bonchev–Trinajstić information content (AvgIpc) is 3.17. The zero-order valence-corrected chi connectivity index (χ0v) is 21.8. The largest absolute Gasteiger partial charge is 0.481 e. The molecule has 1 aliphatic carbocycles. The number of aliphatic hydroxyl groups is 1. The number of rotatable bonds is 5. The number of carboxylic acid groups (broad SMARTS) is 1. The minimum Gasteiger partial charge on any atom is -0.481 e. The molecule has 0 radical (unpaired) electrons. The zero-order valence-electron chi connectivity index (χ0n) is 21.8. The Morgan fingerprint density at radius 3 is 2.08 bits per heavy atom. The summed E-state index contributed by atoms with van der Waals surface area (Å²) >= 11 is 0. The second kappa shape index (κ2) is 13.3. The monoisotopic (exact) mass is 528 g/mol. The third kappa shape index (κ3) is 7.47. The lowest BCUT2D eigenvalue weighted by molar-refractivity contribution is -0.138. The van der Waals surface area contributed by atoms with E-state index in [0.29, 0.717) is 13.0 Å². The predicted molar refractivity (Wildman–Crippen MR) is 145 cm³/mol. The fourth-order valence-electron chi connectivity index (χ4n) is 4.94. The van der Waals surface area contributed by atoms with Gasteiger partial charge in [-0.25, -0.2) is 9.59 Å². The van der Waals surface area contributed by atoms with Crippen molar-refractivity contribution in [3.63, 3.8) is 0 Å². The normalized spacial score (nSPS) is 18.1. The molecule has 1 saturated heterocycles. The molecule has 0 aromatic heterocycles. The van der Waals surface area contributed by atoms with E-state index >= 15 is 0 Å². The van der Waals surface area contributed by atoms with Crippen LogP contribution in [0.3, 0.4) is 0 Å². The minimum atomic E-state index is -0.986. The molecule has 1 fully saturated rings. The van der Waals surface area contributed by atoms with E-state index in [9.17, 15) is 19.5 Å². The second-order valence-corrected chi connectivity index (χ2v) is 10.1. The van der Waals surface area contributed by atoms with E-state index in [0.717, 1.165) is 29.4 Å². The van der Waals surface area contributed by atoms with Crippen molar-refractivity contribution in [1.29, 1.82) is 0 Å². The second-order valence-electron chi connectivity index (χ2n) is 10.1. The number of hydrogen-bond acceptors (Lipinski definition) is 6. The molecule has 9 heteroatoms. The molecular formula is C29H40N2O7. The Balaban J connectivity index is 0.00000165. The lowest BCUT2D eigenvalue weighted by Crippen LogP contribution is -2.53. The van der Waals surface area contributed by atoms with Crippen LogP contribution in [0.15, 0.2) is 48.5 Å². The van der Waals surface area contributed by atoms with E-state index in [2.05, 4.69) is 29.6 Å². The Morgan fingerprint density at radius 2 is 1.55 bits per heavy atom. The zero-order chi connectivity index (χ0) is 27.2. The van der Waals surface area contributed by atoms with Gasteiger partial charge in [-0.3, -0.25) is 4.79 Å². The number of aliphatic hydroxyl groups excluding tert-OH is 1. The Morgan fingerprint density at radius 1 is 1.00 bits per heavy atom. The molecule has 4 rings (SSSR count). The number of likely N-dealkylation sites (tertiary alicyclic amines) is 1. The van der Waals surface area contributed by atoms with Crippen LogP contribution in [-0.2, 0) is 14.3 Å². The number of ether oxygens (including phenoxy) is 2. The molecule has 1 aliphatic heterocycles. The van der Waals surface area contributed by atoms with E-state index < -0.39 is 35.7 Å². The highest BCUT2D eigenvalue weighted by atomic mass is 16.6. The van der Waals surface area contributed by atoms with E-state index in [4.69, 9.17) is 14.6 Å².